The highest BCUT2D eigenvalue weighted by atomic mass is 19.1. The summed E-state index contributed by atoms with van der Waals surface area (Å²) in [6.07, 6.45) is 3.09. The molecule has 0 atom stereocenters. The lowest BCUT2D eigenvalue weighted by molar-refractivity contribution is -0.120. The Balaban J connectivity index is 1.76. The van der Waals surface area contributed by atoms with Crippen molar-refractivity contribution in [2.45, 2.75) is 19.8 Å². The molecular weight excluding hydrogens is 351 g/mol. The number of nitrogens with one attached hydrogen (secondary N) is 1. The number of ether oxygens (including phenoxy) is 1. The summed E-state index contributed by atoms with van der Waals surface area (Å²) < 4.78 is 18.1. The molecule has 2 aromatic carbocycles. The third-order valence-electron chi connectivity index (χ3n) is 3.46. The van der Waals surface area contributed by atoms with Crippen LogP contribution in [-0.2, 0) is 14.4 Å². The average Bonchev–Trinajstić information content (AvgIpc) is 2.66. The molecule has 0 fully saturated rings. The fourth-order valence-corrected chi connectivity index (χ4v) is 2.06. The van der Waals surface area contributed by atoms with Crippen LogP contribution in [0.5, 0.6) is 0 Å². The Hall–Kier alpha value is -3.22. The first-order valence-corrected chi connectivity index (χ1v) is 8.56. The summed E-state index contributed by atoms with van der Waals surface area (Å²) >= 11 is 0. The van der Waals surface area contributed by atoms with Gasteiger partial charge in [0, 0.05) is 5.69 Å². The SMILES string of the molecule is CCCCOC(=O)c1ccc(NC(=O)CO/N=C\c2cccc(F)c2)cc1. The molecule has 0 bridgehead atoms. The van der Waals surface area contributed by atoms with Crippen LogP contribution in [-0.4, -0.2) is 31.3 Å². The zero-order valence-corrected chi connectivity index (χ0v) is 15.0. The molecule has 0 spiro atoms. The summed E-state index contributed by atoms with van der Waals surface area (Å²) in [6, 6.07) is 12.2. The summed E-state index contributed by atoms with van der Waals surface area (Å²) in [5.41, 5.74) is 1.46. The zero-order valence-electron chi connectivity index (χ0n) is 15.0. The molecule has 0 saturated heterocycles. The quantitative estimate of drug-likeness (QED) is 0.315. The number of carbonyl (C=O) groups excluding carboxylic acids is 2. The third-order valence-corrected chi connectivity index (χ3v) is 3.46. The average molecular weight is 372 g/mol. The fraction of sp³-hybridized carbons (Fsp3) is 0.250. The van der Waals surface area contributed by atoms with Crippen molar-refractivity contribution in [3.05, 3.63) is 65.5 Å². The maximum atomic E-state index is 13.0. The van der Waals surface area contributed by atoms with E-state index in [9.17, 15) is 14.0 Å². The number of halogens is 1. The van der Waals surface area contributed by atoms with E-state index < -0.39 is 11.9 Å². The van der Waals surface area contributed by atoms with Crippen molar-refractivity contribution in [3.8, 4) is 0 Å². The first-order chi connectivity index (χ1) is 13.1. The van der Waals surface area contributed by atoms with E-state index in [-0.39, 0.29) is 12.4 Å². The largest absolute Gasteiger partial charge is 0.462 e. The normalized spacial score (nSPS) is 10.6. The Morgan fingerprint density at radius 1 is 1.19 bits per heavy atom. The summed E-state index contributed by atoms with van der Waals surface area (Å²) in [4.78, 5) is 28.5. The Morgan fingerprint density at radius 2 is 1.96 bits per heavy atom. The molecule has 1 amide bonds. The molecule has 0 heterocycles. The number of amides is 1. The van der Waals surface area contributed by atoms with Crippen LogP contribution in [0.1, 0.15) is 35.7 Å². The lowest BCUT2D eigenvalue weighted by Crippen LogP contribution is -2.17. The van der Waals surface area contributed by atoms with Crippen LogP contribution in [0, 0.1) is 5.82 Å². The number of benzene rings is 2. The lowest BCUT2D eigenvalue weighted by atomic mass is 10.2. The van der Waals surface area contributed by atoms with Crippen LogP contribution < -0.4 is 5.32 Å². The van der Waals surface area contributed by atoms with Crippen LogP contribution in [0.25, 0.3) is 0 Å². The topological polar surface area (TPSA) is 77.0 Å². The second kappa shape index (κ2) is 10.7. The lowest BCUT2D eigenvalue weighted by Gasteiger charge is -2.06. The molecule has 0 aliphatic carbocycles. The van der Waals surface area contributed by atoms with Crippen molar-refractivity contribution >= 4 is 23.8 Å². The minimum atomic E-state index is -0.412. The highest BCUT2D eigenvalue weighted by Gasteiger charge is 2.08. The standard InChI is InChI=1S/C20H21FN2O4/c1-2-3-11-26-20(25)16-7-9-18(10-8-16)23-19(24)14-27-22-13-15-5-4-6-17(21)12-15/h4-10,12-13H,2-3,11,14H2,1H3,(H,23,24)/b22-13-. The molecule has 0 aliphatic heterocycles. The van der Waals surface area contributed by atoms with Crippen molar-refractivity contribution in [1.82, 2.24) is 0 Å². The number of hydrogen-bond acceptors (Lipinski definition) is 5. The molecule has 7 heteroatoms. The van der Waals surface area contributed by atoms with E-state index in [1.807, 2.05) is 6.92 Å². The highest BCUT2D eigenvalue weighted by Crippen LogP contribution is 2.11. The van der Waals surface area contributed by atoms with Crippen molar-refractivity contribution in [2.24, 2.45) is 5.16 Å². The number of nitrogens with zero attached hydrogens (tertiary/aromatic N) is 1. The molecule has 142 valence electrons. The molecule has 0 aromatic heterocycles. The van der Waals surface area contributed by atoms with E-state index >= 15 is 0 Å². The van der Waals surface area contributed by atoms with Gasteiger partial charge in [-0.05, 0) is 48.4 Å². The van der Waals surface area contributed by atoms with Gasteiger partial charge in [-0.2, -0.15) is 0 Å². The molecule has 0 radical (unpaired) electrons. The van der Waals surface area contributed by atoms with Crippen molar-refractivity contribution < 1.29 is 23.6 Å². The van der Waals surface area contributed by atoms with Gasteiger partial charge < -0.3 is 14.9 Å². The monoisotopic (exact) mass is 372 g/mol. The molecular formula is C20H21FN2O4. The summed E-state index contributed by atoms with van der Waals surface area (Å²) in [5.74, 6) is -1.18. The van der Waals surface area contributed by atoms with Crippen LogP contribution in [0.3, 0.4) is 0 Å². The van der Waals surface area contributed by atoms with E-state index in [4.69, 9.17) is 9.57 Å². The van der Waals surface area contributed by atoms with Crippen LogP contribution >= 0.6 is 0 Å². The molecule has 0 unspecified atom stereocenters. The van der Waals surface area contributed by atoms with Gasteiger partial charge in [-0.3, -0.25) is 4.79 Å². The number of rotatable bonds is 9. The summed E-state index contributed by atoms with van der Waals surface area (Å²) in [5, 5.41) is 6.24. The van der Waals surface area contributed by atoms with Gasteiger partial charge in [-0.15, -0.1) is 0 Å². The third kappa shape index (κ3) is 7.27. The highest BCUT2D eigenvalue weighted by molar-refractivity contribution is 5.93. The van der Waals surface area contributed by atoms with Crippen molar-refractivity contribution in [3.63, 3.8) is 0 Å². The predicted molar refractivity (Wildman–Crippen MR) is 100 cm³/mol. The first kappa shape index (κ1) is 20.1. The Labute approximate surface area is 157 Å². The molecule has 0 aliphatic rings. The maximum absolute atomic E-state index is 13.0. The van der Waals surface area contributed by atoms with Gasteiger partial charge in [-0.1, -0.05) is 30.6 Å². The predicted octanol–water partition coefficient (Wildman–Crippen LogP) is 3.77. The van der Waals surface area contributed by atoms with Crippen LogP contribution in [0.4, 0.5) is 10.1 Å². The Bertz CT molecular complexity index is 791. The smallest absolute Gasteiger partial charge is 0.338 e. The van der Waals surface area contributed by atoms with Crippen LogP contribution in [0.15, 0.2) is 53.7 Å². The molecule has 6 nitrogen and oxygen atoms in total. The number of oxime groups is 1. The van der Waals surface area contributed by atoms with E-state index in [2.05, 4.69) is 10.5 Å². The fourth-order valence-electron chi connectivity index (χ4n) is 2.06. The van der Waals surface area contributed by atoms with Crippen LogP contribution in [0.2, 0.25) is 0 Å². The summed E-state index contributed by atoms with van der Waals surface area (Å²) in [7, 11) is 0. The van der Waals surface area contributed by atoms with Gasteiger partial charge in [0.2, 0.25) is 0 Å². The summed E-state index contributed by atoms with van der Waals surface area (Å²) in [6.45, 7) is 2.11. The van der Waals surface area contributed by atoms with Gasteiger partial charge in [0.05, 0.1) is 18.4 Å². The number of esters is 1. The van der Waals surface area contributed by atoms with Gasteiger partial charge in [-0.25, -0.2) is 9.18 Å². The molecule has 27 heavy (non-hydrogen) atoms. The van der Waals surface area contributed by atoms with Gasteiger partial charge in [0.1, 0.15) is 5.82 Å². The molecule has 2 aromatic rings. The molecule has 2 rings (SSSR count). The van der Waals surface area contributed by atoms with E-state index in [1.54, 1.807) is 36.4 Å². The second-order valence-corrected chi connectivity index (χ2v) is 5.68. The zero-order chi connectivity index (χ0) is 19.5. The van der Waals surface area contributed by atoms with E-state index in [1.165, 1.54) is 18.3 Å². The number of hydrogen-bond donors (Lipinski definition) is 1. The van der Waals surface area contributed by atoms with E-state index in [0.29, 0.717) is 23.4 Å². The second-order valence-electron chi connectivity index (χ2n) is 5.68. The van der Waals surface area contributed by atoms with Gasteiger partial charge >= 0.3 is 5.97 Å². The first-order valence-electron chi connectivity index (χ1n) is 8.56. The Morgan fingerprint density at radius 3 is 2.67 bits per heavy atom. The number of unbranched alkanes of at least 4 members (excludes halogenated alkanes) is 1. The maximum Gasteiger partial charge on any atom is 0.338 e. The van der Waals surface area contributed by atoms with Gasteiger partial charge in [0.15, 0.2) is 6.61 Å². The minimum Gasteiger partial charge on any atom is -0.462 e. The minimum absolute atomic E-state index is 0.299. The molecule has 0 saturated carbocycles. The van der Waals surface area contributed by atoms with Crippen molar-refractivity contribution in [2.75, 3.05) is 18.5 Å². The van der Waals surface area contributed by atoms with E-state index in [0.717, 1.165) is 12.8 Å². The number of anilines is 1. The van der Waals surface area contributed by atoms with Crippen molar-refractivity contribution in [1.29, 1.82) is 0 Å². The Kier molecular flexibility index (Phi) is 7.96. The number of carbonyl (C=O) groups is 2. The molecule has 1 N–H and O–H groups in total. The van der Waals surface area contributed by atoms with Gasteiger partial charge in [0.25, 0.3) is 5.91 Å².